The monoisotopic (exact) mass is 292 g/mol. The second-order valence-corrected chi connectivity index (χ2v) is 8.12. The van der Waals surface area contributed by atoms with Gasteiger partial charge < -0.3 is 5.32 Å². The summed E-state index contributed by atoms with van der Waals surface area (Å²) in [4.78, 5) is 0.369. The lowest BCUT2D eigenvalue weighted by molar-refractivity contribution is 0.456. The summed E-state index contributed by atoms with van der Waals surface area (Å²) in [6.07, 6.45) is 3.95. The molecular formula is C15H20N2O2S. The van der Waals surface area contributed by atoms with Gasteiger partial charge in [0.1, 0.15) is 0 Å². The smallest absolute Gasteiger partial charge is 0.240 e. The molecule has 20 heavy (non-hydrogen) atoms. The first kappa shape index (κ1) is 12.7. The van der Waals surface area contributed by atoms with E-state index in [1.165, 1.54) is 19.3 Å². The summed E-state index contributed by atoms with van der Waals surface area (Å²) in [6, 6.07) is 7.13. The molecule has 4 nitrogen and oxygen atoms in total. The minimum Gasteiger partial charge on any atom is -0.388 e. The predicted octanol–water partition coefficient (Wildman–Crippen LogP) is 2.05. The summed E-state index contributed by atoms with van der Waals surface area (Å²) in [5, 5.41) is 3.00. The van der Waals surface area contributed by atoms with Crippen LogP contribution < -0.4 is 10.0 Å². The number of benzene rings is 1. The molecular weight excluding hydrogens is 272 g/mol. The standard InChI is InChI=1S/C15H20N2O2S/c1-16-11-4-6-12(7-5-11)20(18,19)17-15-13-9-2-3-10(8-9)14(13)15/h4-7,9-10,13-17H,2-3,8H2,1H3. The van der Waals surface area contributed by atoms with Crippen molar-refractivity contribution in [3.63, 3.8) is 0 Å². The third kappa shape index (κ3) is 1.79. The van der Waals surface area contributed by atoms with Crippen LogP contribution >= 0.6 is 0 Å². The van der Waals surface area contributed by atoms with Crippen molar-refractivity contribution in [2.75, 3.05) is 12.4 Å². The van der Waals surface area contributed by atoms with Gasteiger partial charge in [-0.25, -0.2) is 13.1 Å². The van der Waals surface area contributed by atoms with Crippen LogP contribution in [0.2, 0.25) is 0 Å². The Hall–Kier alpha value is -1.07. The number of hydrogen-bond acceptors (Lipinski definition) is 3. The van der Waals surface area contributed by atoms with E-state index in [-0.39, 0.29) is 6.04 Å². The van der Waals surface area contributed by atoms with Crippen LogP contribution in [-0.4, -0.2) is 21.5 Å². The van der Waals surface area contributed by atoms with E-state index >= 15 is 0 Å². The van der Waals surface area contributed by atoms with Gasteiger partial charge in [-0.15, -0.1) is 0 Å². The van der Waals surface area contributed by atoms with Gasteiger partial charge >= 0.3 is 0 Å². The van der Waals surface area contributed by atoms with Crippen LogP contribution in [0.1, 0.15) is 19.3 Å². The molecule has 0 saturated heterocycles. The maximum Gasteiger partial charge on any atom is 0.240 e. The van der Waals surface area contributed by atoms with Gasteiger partial charge in [0.05, 0.1) is 4.90 Å². The fraction of sp³-hybridized carbons (Fsp3) is 0.600. The molecule has 0 radical (unpaired) electrons. The SMILES string of the molecule is CNc1ccc(S(=O)(=O)NC2C3C4CCC(C4)C23)cc1. The Balaban J connectivity index is 1.50. The lowest BCUT2D eigenvalue weighted by atomic mass is 10.0. The Bertz CT molecular complexity index is 610. The van der Waals surface area contributed by atoms with E-state index in [0.29, 0.717) is 16.7 Å². The molecule has 1 aromatic carbocycles. The molecule has 108 valence electrons. The van der Waals surface area contributed by atoms with Crippen LogP contribution in [0, 0.1) is 23.7 Å². The molecule has 0 heterocycles. The van der Waals surface area contributed by atoms with E-state index in [1.807, 2.05) is 7.05 Å². The average Bonchev–Trinajstić information content (AvgIpc) is 2.86. The van der Waals surface area contributed by atoms with Gasteiger partial charge in [0.25, 0.3) is 0 Å². The molecule has 0 amide bonds. The number of anilines is 1. The molecule has 3 aliphatic carbocycles. The van der Waals surface area contributed by atoms with Crippen molar-refractivity contribution in [3.8, 4) is 0 Å². The number of nitrogens with one attached hydrogen (secondary N) is 2. The highest BCUT2D eigenvalue weighted by molar-refractivity contribution is 7.89. The molecule has 1 aromatic rings. The Labute approximate surface area is 120 Å². The van der Waals surface area contributed by atoms with E-state index in [2.05, 4.69) is 10.0 Å². The Morgan fingerprint density at radius 2 is 1.65 bits per heavy atom. The molecule has 0 spiro atoms. The van der Waals surface area contributed by atoms with Gasteiger partial charge in [-0.3, -0.25) is 0 Å². The lowest BCUT2D eigenvalue weighted by Gasteiger charge is -2.11. The van der Waals surface area contributed by atoms with Crippen LogP contribution in [0.4, 0.5) is 5.69 Å². The first-order valence-electron chi connectivity index (χ1n) is 7.40. The Kier molecular flexibility index (Phi) is 2.67. The van der Waals surface area contributed by atoms with Gasteiger partial charge in [-0.05, 0) is 67.2 Å². The van der Waals surface area contributed by atoms with E-state index in [0.717, 1.165) is 17.5 Å². The second-order valence-electron chi connectivity index (χ2n) is 6.41. The molecule has 5 heteroatoms. The lowest BCUT2D eigenvalue weighted by Crippen LogP contribution is -2.30. The maximum atomic E-state index is 12.4. The van der Waals surface area contributed by atoms with Crippen LogP contribution in [-0.2, 0) is 10.0 Å². The minimum absolute atomic E-state index is 0.204. The van der Waals surface area contributed by atoms with E-state index in [9.17, 15) is 8.42 Å². The zero-order chi connectivity index (χ0) is 13.9. The van der Waals surface area contributed by atoms with Gasteiger partial charge in [-0.1, -0.05) is 0 Å². The van der Waals surface area contributed by atoms with Crippen molar-refractivity contribution in [3.05, 3.63) is 24.3 Å². The highest BCUT2D eigenvalue weighted by Crippen LogP contribution is 2.65. The van der Waals surface area contributed by atoms with Crippen molar-refractivity contribution >= 4 is 15.7 Å². The van der Waals surface area contributed by atoms with Crippen molar-refractivity contribution in [2.24, 2.45) is 23.7 Å². The van der Waals surface area contributed by atoms with Crippen LogP contribution in [0.15, 0.2) is 29.2 Å². The topological polar surface area (TPSA) is 58.2 Å². The first-order chi connectivity index (χ1) is 9.60. The van der Waals surface area contributed by atoms with Crippen molar-refractivity contribution in [1.29, 1.82) is 0 Å². The molecule has 4 unspecified atom stereocenters. The van der Waals surface area contributed by atoms with Crippen LogP contribution in [0.5, 0.6) is 0 Å². The molecule has 2 N–H and O–H groups in total. The molecule has 4 rings (SSSR count). The first-order valence-corrected chi connectivity index (χ1v) is 8.88. The van der Waals surface area contributed by atoms with E-state index in [1.54, 1.807) is 24.3 Å². The van der Waals surface area contributed by atoms with Crippen molar-refractivity contribution in [2.45, 2.75) is 30.2 Å². The van der Waals surface area contributed by atoms with Gasteiger partial charge in [0.15, 0.2) is 0 Å². The van der Waals surface area contributed by atoms with Gasteiger partial charge in [-0.2, -0.15) is 0 Å². The summed E-state index contributed by atoms with van der Waals surface area (Å²) in [5.41, 5.74) is 0.922. The molecule has 3 fully saturated rings. The summed E-state index contributed by atoms with van der Waals surface area (Å²) in [7, 11) is -1.54. The Morgan fingerprint density at radius 1 is 1.05 bits per heavy atom. The summed E-state index contributed by atoms with van der Waals surface area (Å²) < 4.78 is 27.8. The molecule has 0 aliphatic heterocycles. The minimum atomic E-state index is -3.36. The summed E-state index contributed by atoms with van der Waals surface area (Å²) >= 11 is 0. The predicted molar refractivity (Wildman–Crippen MR) is 77.9 cm³/mol. The zero-order valence-electron chi connectivity index (χ0n) is 11.5. The number of sulfonamides is 1. The van der Waals surface area contributed by atoms with Crippen molar-refractivity contribution < 1.29 is 8.42 Å². The third-order valence-corrected chi connectivity index (χ3v) is 6.96. The van der Waals surface area contributed by atoms with E-state index in [4.69, 9.17) is 0 Å². The second kappa shape index (κ2) is 4.21. The quantitative estimate of drug-likeness (QED) is 0.893. The maximum absolute atomic E-state index is 12.4. The molecule has 3 aliphatic rings. The molecule has 4 atom stereocenters. The largest absolute Gasteiger partial charge is 0.388 e. The molecule has 0 aromatic heterocycles. The number of rotatable bonds is 4. The average molecular weight is 292 g/mol. The summed E-state index contributed by atoms with van der Waals surface area (Å²) in [6.45, 7) is 0. The molecule has 2 bridgehead atoms. The zero-order valence-corrected chi connectivity index (χ0v) is 12.4. The third-order valence-electron chi connectivity index (χ3n) is 5.48. The molecule has 3 saturated carbocycles. The number of fused-ring (bicyclic) bond motifs is 5. The fourth-order valence-corrected chi connectivity index (χ4v) is 5.83. The highest BCUT2D eigenvalue weighted by Gasteiger charge is 2.65. The van der Waals surface area contributed by atoms with Crippen LogP contribution in [0.25, 0.3) is 0 Å². The number of hydrogen-bond donors (Lipinski definition) is 2. The Morgan fingerprint density at radius 3 is 2.20 bits per heavy atom. The normalized spacial score (nSPS) is 37.8. The van der Waals surface area contributed by atoms with E-state index < -0.39 is 10.0 Å². The fourth-order valence-electron chi connectivity index (χ4n) is 4.53. The van der Waals surface area contributed by atoms with Crippen LogP contribution in [0.3, 0.4) is 0 Å². The van der Waals surface area contributed by atoms with Crippen molar-refractivity contribution in [1.82, 2.24) is 4.72 Å². The van der Waals surface area contributed by atoms with Gasteiger partial charge in [0.2, 0.25) is 10.0 Å². The van der Waals surface area contributed by atoms with Gasteiger partial charge in [0, 0.05) is 18.8 Å². The summed E-state index contributed by atoms with van der Waals surface area (Å²) in [5.74, 6) is 2.81. The highest BCUT2D eigenvalue weighted by atomic mass is 32.2.